The Bertz CT molecular complexity index is 332. The van der Waals surface area contributed by atoms with Crippen LogP contribution in [0.1, 0.15) is 38.3 Å². The van der Waals surface area contributed by atoms with Crippen LogP contribution in [0.25, 0.3) is 0 Å². The SMILES string of the molecule is CCNC(CC(=O)CC)c1ccc(O)cc1. The molecule has 1 atom stereocenters. The van der Waals surface area contributed by atoms with Gasteiger partial charge in [-0.25, -0.2) is 0 Å². The highest BCUT2D eigenvalue weighted by Crippen LogP contribution is 2.20. The van der Waals surface area contributed by atoms with Gasteiger partial charge in [0.15, 0.2) is 0 Å². The number of phenols is 1. The van der Waals surface area contributed by atoms with Crippen molar-refractivity contribution in [2.75, 3.05) is 6.54 Å². The number of aromatic hydroxyl groups is 1. The maximum Gasteiger partial charge on any atom is 0.134 e. The van der Waals surface area contributed by atoms with Crippen LogP contribution in [-0.2, 0) is 4.79 Å². The first-order valence-electron chi connectivity index (χ1n) is 5.71. The van der Waals surface area contributed by atoms with Crippen LogP contribution in [0.15, 0.2) is 24.3 Å². The highest BCUT2D eigenvalue weighted by molar-refractivity contribution is 5.78. The first-order chi connectivity index (χ1) is 7.67. The zero-order valence-corrected chi connectivity index (χ0v) is 9.86. The summed E-state index contributed by atoms with van der Waals surface area (Å²) in [5.41, 5.74) is 1.04. The van der Waals surface area contributed by atoms with Crippen molar-refractivity contribution in [2.45, 2.75) is 32.7 Å². The van der Waals surface area contributed by atoms with Gasteiger partial charge in [-0.05, 0) is 24.2 Å². The lowest BCUT2D eigenvalue weighted by molar-refractivity contribution is -0.119. The van der Waals surface area contributed by atoms with Gasteiger partial charge in [0, 0.05) is 18.9 Å². The zero-order chi connectivity index (χ0) is 12.0. The Labute approximate surface area is 96.5 Å². The van der Waals surface area contributed by atoms with Crippen LogP contribution in [0.5, 0.6) is 5.75 Å². The molecule has 0 saturated heterocycles. The molecule has 0 saturated carbocycles. The molecule has 0 spiro atoms. The van der Waals surface area contributed by atoms with Crippen molar-refractivity contribution in [3.63, 3.8) is 0 Å². The lowest BCUT2D eigenvalue weighted by Crippen LogP contribution is -2.23. The molecule has 1 rings (SSSR count). The van der Waals surface area contributed by atoms with Crippen LogP contribution in [0.3, 0.4) is 0 Å². The standard InChI is InChI=1S/C13H19NO2/c1-3-11(15)9-13(14-4-2)10-5-7-12(16)8-6-10/h5-8,13-14,16H,3-4,9H2,1-2H3. The van der Waals surface area contributed by atoms with Crippen LogP contribution in [0.2, 0.25) is 0 Å². The monoisotopic (exact) mass is 221 g/mol. The minimum Gasteiger partial charge on any atom is -0.508 e. The third-order valence-electron chi connectivity index (χ3n) is 2.57. The molecule has 1 aromatic carbocycles. The molecular weight excluding hydrogens is 202 g/mol. The minimum absolute atomic E-state index is 0.0537. The number of nitrogens with one attached hydrogen (secondary N) is 1. The van der Waals surface area contributed by atoms with Crippen LogP contribution in [-0.4, -0.2) is 17.4 Å². The lowest BCUT2D eigenvalue weighted by Gasteiger charge is -2.17. The van der Waals surface area contributed by atoms with Gasteiger partial charge >= 0.3 is 0 Å². The second-order valence-corrected chi connectivity index (χ2v) is 3.80. The highest BCUT2D eigenvalue weighted by Gasteiger charge is 2.13. The van der Waals surface area contributed by atoms with Gasteiger partial charge in [-0.2, -0.15) is 0 Å². The van der Waals surface area contributed by atoms with Crippen molar-refractivity contribution in [3.8, 4) is 5.75 Å². The van der Waals surface area contributed by atoms with Gasteiger partial charge in [0.25, 0.3) is 0 Å². The number of hydrogen-bond acceptors (Lipinski definition) is 3. The van der Waals surface area contributed by atoms with Gasteiger partial charge in [0.2, 0.25) is 0 Å². The summed E-state index contributed by atoms with van der Waals surface area (Å²) in [5.74, 6) is 0.500. The Morgan fingerprint density at radius 3 is 2.44 bits per heavy atom. The van der Waals surface area contributed by atoms with E-state index in [1.165, 1.54) is 0 Å². The van der Waals surface area contributed by atoms with Crippen LogP contribution < -0.4 is 5.32 Å². The summed E-state index contributed by atoms with van der Waals surface area (Å²) >= 11 is 0. The van der Waals surface area contributed by atoms with Crippen LogP contribution in [0, 0.1) is 0 Å². The summed E-state index contributed by atoms with van der Waals surface area (Å²) in [4.78, 5) is 11.4. The predicted octanol–water partition coefficient (Wildman–Crippen LogP) is 2.41. The molecule has 0 aliphatic rings. The van der Waals surface area contributed by atoms with Crippen molar-refractivity contribution in [1.82, 2.24) is 5.32 Å². The fourth-order valence-corrected chi connectivity index (χ4v) is 1.63. The largest absolute Gasteiger partial charge is 0.508 e. The summed E-state index contributed by atoms with van der Waals surface area (Å²) in [6.45, 7) is 4.72. The number of hydrogen-bond donors (Lipinski definition) is 2. The van der Waals surface area contributed by atoms with Crippen molar-refractivity contribution in [1.29, 1.82) is 0 Å². The number of Topliss-reactive ketones (excluding diaryl/α,β-unsaturated/α-hetero) is 1. The summed E-state index contributed by atoms with van der Waals surface area (Å²) in [6, 6.07) is 7.06. The number of carbonyl (C=O) groups is 1. The third kappa shape index (κ3) is 3.66. The molecule has 3 nitrogen and oxygen atoms in total. The number of carbonyl (C=O) groups excluding carboxylic acids is 1. The maximum atomic E-state index is 11.4. The maximum absolute atomic E-state index is 11.4. The smallest absolute Gasteiger partial charge is 0.134 e. The van der Waals surface area contributed by atoms with Gasteiger partial charge in [0.05, 0.1) is 0 Å². The molecule has 0 bridgehead atoms. The van der Waals surface area contributed by atoms with Gasteiger partial charge in [0.1, 0.15) is 11.5 Å². The number of phenolic OH excluding ortho intramolecular Hbond substituents is 1. The number of ketones is 1. The Balaban J connectivity index is 2.76. The topological polar surface area (TPSA) is 49.3 Å². The van der Waals surface area contributed by atoms with Gasteiger partial charge < -0.3 is 10.4 Å². The van der Waals surface area contributed by atoms with Crippen molar-refractivity contribution in [3.05, 3.63) is 29.8 Å². The molecule has 1 aromatic rings. The van der Waals surface area contributed by atoms with E-state index in [-0.39, 0.29) is 17.6 Å². The van der Waals surface area contributed by atoms with Gasteiger partial charge in [-0.3, -0.25) is 4.79 Å². The van der Waals surface area contributed by atoms with E-state index in [1.54, 1.807) is 12.1 Å². The van der Waals surface area contributed by atoms with E-state index in [0.717, 1.165) is 12.1 Å². The van der Waals surface area contributed by atoms with E-state index in [4.69, 9.17) is 0 Å². The molecule has 0 amide bonds. The molecule has 16 heavy (non-hydrogen) atoms. The first-order valence-corrected chi connectivity index (χ1v) is 5.71. The van der Waals surface area contributed by atoms with Gasteiger partial charge in [-0.1, -0.05) is 26.0 Å². The second-order valence-electron chi connectivity index (χ2n) is 3.80. The van der Waals surface area contributed by atoms with Crippen molar-refractivity contribution in [2.24, 2.45) is 0 Å². The Morgan fingerprint density at radius 1 is 1.31 bits per heavy atom. The van der Waals surface area contributed by atoms with Gasteiger partial charge in [-0.15, -0.1) is 0 Å². The molecule has 0 radical (unpaired) electrons. The summed E-state index contributed by atoms with van der Waals surface area (Å²) in [7, 11) is 0. The Morgan fingerprint density at radius 2 is 1.94 bits per heavy atom. The van der Waals surface area contributed by atoms with Crippen LogP contribution in [0.4, 0.5) is 0 Å². The third-order valence-corrected chi connectivity index (χ3v) is 2.57. The van der Waals surface area contributed by atoms with E-state index < -0.39 is 0 Å². The van der Waals surface area contributed by atoms with E-state index in [2.05, 4.69) is 5.32 Å². The number of rotatable bonds is 6. The highest BCUT2D eigenvalue weighted by atomic mass is 16.3. The molecule has 0 aliphatic heterocycles. The fraction of sp³-hybridized carbons (Fsp3) is 0.462. The molecule has 3 heteroatoms. The predicted molar refractivity (Wildman–Crippen MR) is 64.4 cm³/mol. The average Bonchev–Trinajstić information content (AvgIpc) is 2.29. The van der Waals surface area contributed by atoms with Crippen molar-refractivity contribution >= 4 is 5.78 Å². The Kier molecular flexibility index (Phi) is 4.99. The fourth-order valence-electron chi connectivity index (χ4n) is 1.63. The molecule has 2 N–H and O–H groups in total. The summed E-state index contributed by atoms with van der Waals surface area (Å²) in [5, 5.41) is 12.5. The molecule has 0 aliphatic carbocycles. The number of benzene rings is 1. The van der Waals surface area contributed by atoms with E-state index in [9.17, 15) is 9.90 Å². The average molecular weight is 221 g/mol. The van der Waals surface area contributed by atoms with E-state index in [0.29, 0.717) is 12.8 Å². The summed E-state index contributed by atoms with van der Waals surface area (Å²) in [6.07, 6.45) is 1.08. The van der Waals surface area contributed by atoms with E-state index in [1.807, 2.05) is 26.0 Å². The van der Waals surface area contributed by atoms with Crippen LogP contribution >= 0.6 is 0 Å². The Hall–Kier alpha value is -1.35. The minimum atomic E-state index is 0.0537. The summed E-state index contributed by atoms with van der Waals surface area (Å²) < 4.78 is 0. The molecule has 0 fully saturated rings. The molecular formula is C13H19NO2. The molecule has 1 unspecified atom stereocenters. The van der Waals surface area contributed by atoms with E-state index >= 15 is 0 Å². The quantitative estimate of drug-likeness (QED) is 0.775. The molecule has 88 valence electrons. The lowest BCUT2D eigenvalue weighted by atomic mass is 10.0. The second kappa shape index (κ2) is 6.28. The molecule has 0 heterocycles. The first kappa shape index (κ1) is 12.7. The zero-order valence-electron chi connectivity index (χ0n) is 9.86. The van der Waals surface area contributed by atoms with Crippen molar-refractivity contribution < 1.29 is 9.90 Å². The normalized spacial score (nSPS) is 12.4. The molecule has 0 aromatic heterocycles.